The molecular weight excluding hydrogens is 351 g/mol. The van der Waals surface area contributed by atoms with Crippen LogP contribution in [0.2, 0.25) is 0 Å². The minimum Gasteiger partial charge on any atom is -0.324 e. The van der Waals surface area contributed by atoms with Crippen molar-refractivity contribution in [2.45, 2.75) is 19.0 Å². The van der Waals surface area contributed by atoms with E-state index in [1.165, 1.54) is 28.3 Å². The third-order valence-corrected chi connectivity index (χ3v) is 4.30. The predicted octanol–water partition coefficient (Wildman–Crippen LogP) is 4.52. The second-order valence-corrected chi connectivity index (χ2v) is 6.14. The number of halogens is 3. The highest BCUT2D eigenvalue weighted by Gasteiger charge is 2.31. The van der Waals surface area contributed by atoms with Gasteiger partial charge in [0.1, 0.15) is 0 Å². The molecule has 1 aromatic carbocycles. The lowest BCUT2D eigenvalue weighted by Crippen LogP contribution is -2.16. The summed E-state index contributed by atoms with van der Waals surface area (Å²) in [4.78, 5) is 12.2. The second-order valence-electron chi connectivity index (χ2n) is 5.36. The number of nitrogens with zero attached hydrogens (tertiary/aromatic N) is 2. The van der Waals surface area contributed by atoms with Crippen molar-refractivity contribution in [3.05, 3.63) is 64.6 Å². The van der Waals surface area contributed by atoms with Crippen molar-refractivity contribution in [2.75, 3.05) is 5.32 Å². The predicted molar refractivity (Wildman–Crippen MR) is 89.8 cm³/mol. The molecule has 8 heteroatoms. The van der Waals surface area contributed by atoms with E-state index in [1.54, 1.807) is 12.3 Å². The van der Waals surface area contributed by atoms with Crippen LogP contribution < -0.4 is 5.32 Å². The lowest BCUT2D eigenvalue weighted by Gasteiger charge is -2.14. The molecule has 4 nitrogen and oxygen atoms in total. The number of nitrogens with one attached hydrogen (secondary N) is 1. The summed E-state index contributed by atoms with van der Waals surface area (Å²) in [5.41, 5.74) is 0.656. The number of benzene rings is 1. The fraction of sp³-hybridized carbons (Fsp3) is 0.176. The van der Waals surface area contributed by atoms with Crippen molar-refractivity contribution in [1.29, 1.82) is 0 Å². The van der Waals surface area contributed by atoms with Crippen molar-refractivity contribution < 1.29 is 18.0 Å². The van der Waals surface area contributed by atoms with Gasteiger partial charge in [0.2, 0.25) is 5.91 Å². The Balaban J connectivity index is 1.83. The fourth-order valence-electron chi connectivity index (χ4n) is 2.33. The number of carbonyl (C=O) groups is 1. The number of anilines is 1. The van der Waals surface area contributed by atoms with Crippen molar-refractivity contribution in [3.63, 3.8) is 0 Å². The molecule has 3 rings (SSSR count). The van der Waals surface area contributed by atoms with Gasteiger partial charge in [-0.1, -0.05) is 0 Å². The Morgan fingerprint density at radius 3 is 2.76 bits per heavy atom. The van der Waals surface area contributed by atoms with Crippen LogP contribution in [0.4, 0.5) is 18.9 Å². The molecule has 0 aliphatic carbocycles. The molecule has 1 N–H and O–H groups in total. The molecule has 0 saturated carbocycles. The minimum absolute atomic E-state index is 0.0776. The summed E-state index contributed by atoms with van der Waals surface area (Å²) in [5.74, 6) is -0.348. The first-order valence-electron chi connectivity index (χ1n) is 7.45. The van der Waals surface area contributed by atoms with E-state index in [4.69, 9.17) is 0 Å². The van der Waals surface area contributed by atoms with Crippen LogP contribution >= 0.6 is 11.3 Å². The zero-order chi connectivity index (χ0) is 17.9. The SMILES string of the molecule is O=C(CCc1ccsc1)Nc1cc(C(F)(F)F)ccc1-n1cccn1. The maximum Gasteiger partial charge on any atom is 0.416 e. The molecule has 2 aromatic heterocycles. The van der Waals surface area contributed by atoms with Gasteiger partial charge >= 0.3 is 6.18 Å². The Bertz CT molecular complexity index is 843. The largest absolute Gasteiger partial charge is 0.416 e. The first-order chi connectivity index (χ1) is 11.9. The van der Waals surface area contributed by atoms with Gasteiger partial charge in [-0.2, -0.15) is 29.6 Å². The Labute approximate surface area is 145 Å². The number of alkyl halides is 3. The fourth-order valence-corrected chi connectivity index (χ4v) is 3.03. The number of aryl methyl sites for hydroxylation is 1. The molecule has 0 aliphatic heterocycles. The average molecular weight is 365 g/mol. The molecule has 0 unspecified atom stereocenters. The van der Waals surface area contributed by atoms with Crippen LogP contribution in [-0.2, 0) is 17.4 Å². The highest BCUT2D eigenvalue weighted by atomic mass is 32.1. The van der Waals surface area contributed by atoms with E-state index < -0.39 is 11.7 Å². The van der Waals surface area contributed by atoms with E-state index in [9.17, 15) is 18.0 Å². The van der Waals surface area contributed by atoms with E-state index in [2.05, 4.69) is 10.4 Å². The monoisotopic (exact) mass is 365 g/mol. The molecule has 25 heavy (non-hydrogen) atoms. The van der Waals surface area contributed by atoms with Gasteiger partial charge in [0, 0.05) is 18.8 Å². The normalized spacial score (nSPS) is 11.5. The summed E-state index contributed by atoms with van der Waals surface area (Å²) in [6.45, 7) is 0. The van der Waals surface area contributed by atoms with Gasteiger partial charge in [0.15, 0.2) is 0 Å². The standard InChI is InChI=1S/C17H14F3N3OS/c18-17(19,20)13-3-4-15(23-8-1-7-21-23)14(10-13)22-16(24)5-2-12-6-9-25-11-12/h1,3-4,6-11H,2,5H2,(H,22,24). The van der Waals surface area contributed by atoms with E-state index in [0.29, 0.717) is 12.1 Å². The molecule has 1 amide bonds. The van der Waals surface area contributed by atoms with Crippen LogP contribution in [0.3, 0.4) is 0 Å². The molecule has 3 aromatic rings. The van der Waals surface area contributed by atoms with Crippen LogP contribution in [0.1, 0.15) is 17.5 Å². The third kappa shape index (κ3) is 4.27. The Kier molecular flexibility index (Phi) is 4.89. The van der Waals surface area contributed by atoms with Gasteiger partial charge in [-0.25, -0.2) is 4.68 Å². The molecule has 0 aliphatic rings. The van der Waals surface area contributed by atoms with Crippen molar-refractivity contribution in [1.82, 2.24) is 9.78 Å². The number of thiophene rings is 1. The number of amides is 1. The van der Waals surface area contributed by atoms with Gasteiger partial charge in [0.25, 0.3) is 0 Å². The first-order valence-corrected chi connectivity index (χ1v) is 8.40. The third-order valence-electron chi connectivity index (χ3n) is 3.57. The topological polar surface area (TPSA) is 46.9 Å². The number of rotatable bonds is 5. The van der Waals surface area contributed by atoms with Crippen molar-refractivity contribution >= 4 is 22.9 Å². The molecule has 130 valence electrons. The van der Waals surface area contributed by atoms with Crippen LogP contribution in [0, 0.1) is 0 Å². The molecule has 0 bridgehead atoms. The molecule has 0 spiro atoms. The van der Waals surface area contributed by atoms with Crippen LogP contribution in [0.5, 0.6) is 0 Å². The number of carbonyl (C=O) groups excluding carboxylic acids is 1. The van der Waals surface area contributed by atoms with Crippen molar-refractivity contribution in [3.8, 4) is 5.69 Å². The molecule has 0 saturated heterocycles. The Hall–Kier alpha value is -2.61. The van der Waals surface area contributed by atoms with Gasteiger partial charge in [-0.15, -0.1) is 0 Å². The highest BCUT2D eigenvalue weighted by molar-refractivity contribution is 7.07. The molecule has 0 atom stereocenters. The minimum atomic E-state index is -4.49. The van der Waals surface area contributed by atoms with Gasteiger partial charge in [0.05, 0.1) is 16.9 Å². The Morgan fingerprint density at radius 2 is 2.12 bits per heavy atom. The van der Waals surface area contributed by atoms with E-state index >= 15 is 0 Å². The second kappa shape index (κ2) is 7.10. The van der Waals surface area contributed by atoms with E-state index in [1.807, 2.05) is 16.8 Å². The maximum absolute atomic E-state index is 13.0. The van der Waals surface area contributed by atoms with E-state index in [-0.39, 0.29) is 18.0 Å². The van der Waals surface area contributed by atoms with Gasteiger partial charge in [-0.3, -0.25) is 4.79 Å². The Morgan fingerprint density at radius 1 is 1.28 bits per heavy atom. The number of aromatic nitrogens is 2. The molecule has 0 fully saturated rings. The zero-order valence-electron chi connectivity index (χ0n) is 13.0. The molecule has 2 heterocycles. The summed E-state index contributed by atoms with van der Waals surface area (Å²) in [7, 11) is 0. The smallest absolute Gasteiger partial charge is 0.324 e. The lowest BCUT2D eigenvalue weighted by atomic mass is 10.1. The lowest BCUT2D eigenvalue weighted by molar-refractivity contribution is -0.137. The highest BCUT2D eigenvalue weighted by Crippen LogP contribution is 2.33. The summed E-state index contributed by atoms with van der Waals surface area (Å²) in [6.07, 6.45) is -0.654. The van der Waals surface area contributed by atoms with Crippen molar-refractivity contribution in [2.24, 2.45) is 0 Å². The van der Waals surface area contributed by atoms with Crippen LogP contribution in [0.25, 0.3) is 5.69 Å². The number of hydrogen-bond acceptors (Lipinski definition) is 3. The quantitative estimate of drug-likeness (QED) is 0.722. The summed E-state index contributed by atoms with van der Waals surface area (Å²) >= 11 is 1.53. The summed E-state index contributed by atoms with van der Waals surface area (Å²) < 4.78 is 40.3. The zero-order valence-corrected chi connectivity index (χ0v) is 13.8. The molecule has 0 radical (unpaired) electrons. The summed E-state index contributed by atoms with van der Waals surface area (Å²) in [5, 5.41) is 10.4. The average Bonchev–Trinajstić information content (AvgIpc) is 3.26. The van der Waals surface area contributed by atoms with Crippen LogP contribution in [-0.4, -0.2) is 15.7 Å². The maximum atomic E-state index is 13.0. The number of hydrogen-bond donors (Lipinski definition) is 1. The van der Waals surface area contributed by atoms with Gasteiger partial charge in [-0.05, 0) is 53.1 Å². The first kappa shape index (κ1) is 17.2. The summed E-state index contributed by atoms with van der Waals surface area (Å²) in [6, 6.07) is 6.76. The van der Waals surface area contributed by atoms with Crippen LogP contribution in [0.15, 0.2) is 53.5 Å². The van der Waals surface area contributed by atoms with E-state index in [0.717, 1.165) is 17.7 Å². The van der Waals surface area contributed by atoms with Gasteiger partial charge < -0.3 is 5.32 Å². The molecular formula is C17H14F3N3OS.